The molecule has 1 fully saturated rings. The van der Waals surface area contributed by atoms with Gasteiger partial charge in [-0.1, -0.05) is 26.0 Å². The van der Waals surface area contributed by atoms with E-state index in [0.29, 0.717) is 17.6 Å². The van der Waals surface area contributed by atoms with Crippen LogP contribution in [-0.4, -0.2) is 63.5 Å². The minimum Gasteiger partial charge on any atom is -0.396 e. The minimum atomic E-state index is -0.270. The Morgan fingerprint density at radius 1 is 1.26 bits per heavy atom. The number of hydrogen-bond acceptors (Lipinski definition) is 4. The Balaban J connectivity index is 1.61. The molecule has 1 aromatic carbocycles. The molecule has 1 unspecified atom stereocenters. The maximum absolute atomic E-state index is 14.0. The Labute approximate surface area is 161 Å². The number of hydrogen-bond donors (Lipinski definition) is 1. The Morgan fingerprint density at radius 3 is 2.81 bits per heavy atom. The van der Waals surface area contributed by atoms with Crippen molar-refractivity contribution in [1.29, 1.82) is 0 Å². The molecule has 27 heavy (non-hydrogen) atoms. The molecule has 1 aromatic heterocycles. The fourth-order valence-electron chi connectivity index (χ4n) is 3.71. The van der Waals surface area contributed by atoms with E-state index in [1.54, 1.807) is 16.8 Å². The van der Waals surface area contributed by atoms with Gasteiger partial charge in [0.25, 0.3) is 0 Å². The number of para-hydroxylation sites is 1. The smallest absolute Gasteiger partial charge is 0.148 e. The van der Waals surface area contributed by atoms with Crippen LogP contribution in [0.5, 0.6) is 0 Å². The molecule has 0 aliphatic carbocycles. The van der Waals surface area contributed by atoms with Gasteiger partial charge in [-0.25, -0.2) is 9.07 Å². The van der Waals surface area contributed by atoms with Gasteiger partial charge in [-0.05, 0) is 37.4 Å². The van der Waals surface area contributed by atoms with Crippen LogP contribution in [0.1, 0.15) is 32.3 Å². The third-order valence-electron chi connectivity index (χ3n) is 5.29. The van der Waals surface area contributed by atoms with Gasteiger partial charge < -0.3 is 5.11 Å². The molecular weight excluding hydrogens is 343 g/mol. The highest BCUT2D eigenvalue weighted by Crippen LogP contribution is 2.18. The lowest BCUT2D eigenvalue weighted by Crippen LogP contribution is -2.53. The second kappa shape index (κ2) is 9.44. The van der Waals surface area contributed by atoms with Crippen molar-refractivity contribution in [3.05, 3.63) is 48.0 Å². The highest BCUT2D eigenvalue weighted by Gasteiger charge is 2.26. The van der Waals surface area contributed by atoms with Gasteiger partial charge in [0.05, 0.1) is 6.20 Å². The molecule has 3 rings (SSSR count). The molecule has 0 spiro atoms. The average Bonchev–Trinajstić information content (AvgIpc) is 3.10. The number of aliphatic hydroxyl groups excluding tert-OH is 1. The Bertz CT molecular complexity index is 718. The summed E-state index contributed by atoms with van der Waals surface area (Å²) in [6.45, 7) is 9.61. The topological polar surface area (TPSA) is 44.5 Å². The first kappa shape index (κ1) is 20.0. The number of nitrogens with zero attached hydrogens (tertiary/aromatic N) is 4. The molecular formula is C21H31FN4O. The van der Waals surface area contributed by atoms with E-state index in [2.05, 4.69) is 28.7 Å². The van der Waals surface area contributed by atoms with Crippen molar-refractivity contribution in [2.75, 3.05) is 32.8 Å². The molecule has 5 nitrogen and oxygen atoms in total. The summed E-state index contributed by atoms with van der Waals surface area (Å²) in [6, 6.07) is 7.08. The van der Waals surface area contributed by atoms with Crippen LogP contribution >= 0.6 is 0 Å². The van der Waals surface area contributed by atoms with E-state index >= 15 is 0 Å². The lowest BCUT2D eigenvalue weighted by atomic mass is 10.1. The molecule has 0 amide bonds. The third kappa shape index (κ3) is 5.37. The van der Waals surface area contributed by atoms with Crippen LogP contribution in [0.4, 0.5) is 4.39 Å². The summed E-state index contributed by atoms with van der Waals surface area (Å²) < 4.78 is 15.6. The van der Waals surface area contributed by atoms with Gasteiger partial charge in [-0.3, -0.25) is 9.80 Å². The van der Waals surface area contributed by atoms with Gasteiger partial charge in [0.15, 0.2) is 0 Å². The van der Waals surface area contributed by atoms with Crippen LogP contribution in [0.3, 0.4) is 0 Å². The van der Waals surface area contributed by atoms with E-state index in [1.165, 1.54) is 12.5 Å². The Hall–Kier alpha value is -1.76. The molecule has 6 heteroatoms. The molecule has 0 radical (unpaired) electrons. The maximum atomic E-state index is 14.0. The Kier molecular flexibility index (Phi) is 6.99. The molecule has 1 N–H and O–H groups in total. The molecule has 148 valence electrons. The summed E-state index contributed by atoms with van der Waals surface area (Å²) in [6.07, 6.45) is 5.73. The van der Waals surface area contributed by atoms with E-state index in [9.17, 15) is 9.50 Å². The van der Waals surface area contributed by atoms with E-state index in [4.69, 9.17) is 0 Å². The van der Waals surface area contributed by atoms with Gasteiger partial charge in [0.1, 0.15) is 11.5 Å². The molecule has 1 aliphatic rings. The first-order valence-electron chi connectivity index (χ1n) is 9.92. The zero-order valence-corrected chi connectivity index (χ0v) is 16.4. The van der Waals surface area contributed by atoms with Crippen LogP contribution in [0, 0.1) is 11.7 Å². The van der Waals surface area contributed by atoms with Crippen molar-refractivity contribution in [3.63, 3.8) is 0 Å². The number of piperazine rings is 1. The van der Waals surface area contributed by atoms with E-state index < -0.39 is 0 Å². The molecule has 0 saturated carbocycles. The Morgan fingerprint density at radius 2 is 2.07 bits per heavy atom. The highest BCUT2D eigenvalue weighted by atomic mass is 19.1. The van der Waals surface area contributed by atoms with Crippen LogP contribution in [0.25, 0.3) is 5.69 Å². The maximum Gasteiger partial charge on any atom is 0.148 e. The number of rotatable bonds is 8. The standard InChI is InChI=1S/C21H31FN4O/c1-17(2)7-9-25-11-10-24(16-19(25)8-12-27)14-18-13-23-26(15-18)21-6-4-3-5-20(21)22/h3-6,13,15,17,19,27H,7-12,14,16H2,1-2H3. The van der Waals surface area contributed by atoms with Gasteiger partial charge in [0.2, 0.25) is 0 Å². The van der Waals surface area contributed by atoms with Gasteiger partial charge >= 0.3 is 0 Å². The predicted molar refractivity (Wildman–Crippen MR) is 105 cm³/mol. The molecule has 2 aromatic rings. The van der Waals surface area contributed by atoms with Crippen molar-refractivity contribution in [3.8, 4) is 5.69 Å². The van der Waals surface area contributed by atoms with Crippen molar-refractivity contribution < 1.29 is 9.50 Å². The highest BCUT2D eigenvalue weighted by molar-refractivity contribution is 5.32. The molecule has 0 bridgehead atoms. The third-order valence-corrected chi connectivity index (χ3v) is 5.29. The normalized spacial score (nSPS) is 19.1. The summed E-state index contributed by atoms with van der Waals surface area (Å²) in [7, 11) is 0. The fraction of sp³-hybridized carbons (Fsp3) is 0.571. The number of aliphatic hydroxyl groups is 1. The van der Waals surface area contributed by atoms with Crippen LogP contribution in [-0.2, 0) is 6.54 Å². The average molecular weight is 375 g/mol. The van der Waals surface area contributed by atoms with E-state index in [1.807, 2.05) is 18.5 Å². The summed E-state index contributed by atoms with van der Waals surface area (Å²) in [4.78, 5) is 4.93. The largest absolute Gasteiger partial charge is 0.396 e. The number of benzene rings is 1. The second-order valence-electron chi connectivity index (χ2n) is 7.86. The number of aromatic nitrogens is 2. The van der Waals surface area contributed by atoms with Crippen molar-refractivity contribution in [2.24, 2.45) is 5.92 Å². The summed E-state index contributed by atoms with van der Waals surface area (Å²) in [5, 5.41) is 13.8. The van der Waals surface area contributed by atoms with Crippen molar-refractivity contribution in [1.82, 2.24) is 19.6 Å². The quantitative estimate of drug-likeness (QED) is 0.772. The predicted octanol–water partition coefficient (Wildman–Crippen LogP) is 2.93. The molecule has 2 heterocycles. The molecule has 1 saturated heterocycles. The first-order chi connectivity index (χ1) is 13.1. The lowest BCUT2D eigenvalue weighted by Gasteiger charge is -2.41. The monoisotopic (exact) mass is 374 g/mol. The molecule has 1 atom stereocenters. The van der Waals surface area contributed by atoms with E-state index in [0.717, 1.165) is 44.7 Å². The second-order valence-corrected chi connectivity index (χ2v) is 7.86. The zero-order chi connectivity index (χ0) is 19.2. The van der Waals surface area contributed by atoms with E-state index in [-0.39, 0.29) is 12.4 Å². The fourth-order valence-corrected chi connectivity index (χ4v) is 3.71. The van der Waals surface area contributed by atoms with Gasteiger partial charge in [-0.2, -0.15) is 5.10 Å². The van der Waals surface area contributed by atoms with Crippen molar-refractivity contribution in [2.45, 2.75) is 39.3 Å². The van der Waals surface area contributed by atoms with Crippen LogP contribution in [0.2, 0.25) is 0 Å². The zero-order valence-electron chi connectivity index (χ0n) is 16.4. The lowest BCUT2D eigenvalue weighted by molar-refractivity contribution is 0.0524. The summed E-state index contributed by atoms with van der Waals surface area (Å²) in [5.41, 5.74) is 1.55. The molecule has 1 aliphatic heterocycles. The van der Waals surface area contributed by atoms with Crippen LogP contribution in [0.15, 0.2) is 36.7 Å². The van der Waals surface area contributed by atoms with Gasteiger partial charge in [-0.15, -0.1) is 0 Å². The minimum absolute atomic E-state index is 0.224. The summed E-state index contributed by atoms with van der Waals surface area (Å²) in [5.74, 6) is 0.427. The first-order valence-corrected chi connectivity index (χ1v) is 9.92. The SMILES string of the molecule is CC(C)CCN1CCN(Cc2cnn(-c3ccccc3F)c2)CC1CCO. The van der Waals surface area contributed by atoms with Crippen LogP contribution < -0.4 is 0 Å². The van der Waals surface area contributed by atoms with Crippen molar-refractivity contribution >= 4 is 0 Å². The summed E-state index contributed by atoms with van der Waals surface area (Å²) >= 11 is 0. The van der Waals surface area contributed by atoms with Gasteiger partial charge in [0, 0.05) is 50.6 Å². The number of halogens is 1.